The molecule has 1 aromatic carbocycles. The number of anilines is 1. The van der Waals surface area contributed by atoms with Gasteiger partial charge in [0, 0.05) is 11.1 Å². The van der Waals surface area contributed by atoms with E-state index in [-0.39, 0.29) is 5.01 Å². The van der Waals surface area contributed by atoms with Crippen LogP contribution in [0.3, 0.4) is 0 Å². The summed E-state index contributed by atoms with van der Waals surface area (Å²) in [5.74, 6) is -1.01. The fraction of sp³-hybridized carbons (Fsp3) is 0.0909. The number of rotatable bonds is 4. The Hall–Kier alpha value is -1.30. The number of halogens is 2. The summed E-state index contributed by atoms with van der Waals surface area (Å²) in [7, 11) is 0. The molecule has 2 N–H and O–H groups in total. The summed E-state index contributed by atoms with van der Waals surface area (Å²) in [6.07, 6.45) is 0. The molecule has 0 fully saturated rings. The van der Waals surface area contributed by atoms with Crippen molar-refractivity contribution in [2.24, 2.45) is 0 Å². The highest BCUT2D eigenvalue weighted by molar-refractivity contribution is 7.11. The van der Waals surface area contributed by atoms with Crippen LogP contribution in [0.2, 0.25) is 10.0 Å². The SMILES string of the molecule is O=C(O)c1nc(CNc2ccc(Cl)c(Cl)c2)cs1. The highest BCUT2D eigenvalue weighted by atomic mass is 35.5. The van der Waals surface area contributed by atoms with Crippen LogP contribution in [0.1, 0.15) is 15.5 Å². The third-order valence-electron chi connectivity index (χ3n) is 2.13. The Kier molecular flexibility index (Phi) is 4.06. The Balaban J connectivity index is 2.02. The molecule has 0 aliphatic heterocycles. The lowest BCUT2D eigenvalue weighted by atomic mass is 10.3. The van der Waals surface area contributed by atoms with E-state index in [1.54, 1.807) is 23.6 Å². The second-order valence-electron chi connectivity index (χ2n) is 3.43. The Morgan fingerprint density at radius 2 is 2.17 bits per heavy atom. The number of carbonyl (C=O) groups is 1. The summed E-state index contributed by atoms with van der Waals surface area (Å²) < 4.78 is 0. The van der Waals surface area contributed by atoms with Crippen molar-refractivity contribution < 1.29 is 9.90 Å². The lowest BCUT2D eigenvalue weighted by molar-refractivity contribution is 0.0696. The van der Waals surface area contributed by atoms with Gasteiger partial charge >= 0.3 is 5.97 Å². The van der Waals surface area contributed by atoms with E-state index in [0.29, 0.717) is 22.3 Å². The zero-order valence-electron chi connectivity index (χ0n) is 8.98. The molecule has 0 aliphatic rings. The van der Waals surface area contributed by atoms with E-state index >= 15 is 0 Å². The number of nitrogens with one attached hydrogen (secondary N) is 1. The first-order chi connectivity index (χ1) is 8.56. The molecule has 7 heteroatoms. The van der Waals surface area contributed by atoms with Crippen LogP contribution in [0.5, 0.6) is 0 Å². The third kappa shape index (κ3) is 3.13. The van der Waals surface area contributed by atoms with E-state index in [1.165, 1.54) is 0 Å². The third-order valence-corrected chi connectivity index (χ3v) is 3.75. The van der Waals surface area contributed by atoms with Crippen molar-refractivity contribution in [2.75, 3.05) is 5.32 Å². The quantitative estimate of drug-likeness (QED) is 0.902. The molecule has 0 unspecified atom stereocenters. The van der Waals surface area contributed by atoms with E-state index < -0.39 is 5.97 Å². The van der Waals surface area contributed by atoms with Gasteiger partial charge < -0.3 is 10.4 Å². The summed E-state index contributed by atoms with van der Waals surface area (Å²) in [4.78, 5) is 14.6. The first-order valence-corrected chi connectivity index (χ1v) is 6.56. The van der Waals surface area contributed by atoms with Gasteiger partial charge in [-0.3, -0.25) is 0 Å². The summed E-state index contributed by atoms with van der Waals surface area (Å²) in [5.41, 5.74) is 1.47. The molecule has 0 saturated carbocycles. The molecule has 2 aromatic rings. The number of carboxylic acids is 1. The first-order valence-electron chi connectivity index (χ1n) is 4.93. The average Bonchev–Trinajstić information content (AvgIpc) is 2.79. The van der Waals surface area contributed by atoms with Crippen LogP contribution in [-0.2, 0) is 6.54 Å². The fourth-order valence-corrected chi connectivity index (χ4v) is 2.24. The number of aromatic nitrogens is 1. The van der Waals surface area contributed by atoms with Crippen molar-refractivity contribution in [3.63, 3.8) is 0 Å². The molecule has 0 radical (unpaired) electrons. The maximum Gasteiger partial charge on any atom is 0.365 e. The van der Waals surface area contributed by atoms with Gasteiger partial charge in [0.05, 0.1) is 22.3 Å². The van der Waals surface area contributed by atoms with Crippen LogP contribution in [0.25, 0.3) is 0 Å². The lowest BCUT2D eigenvalue weighted by Crippen LogP contribution is -2.01. The fourth-order valence-electron chi connectivity index (χ4n) is 1.29. The van der Waals surface area contributed by atoms with Gasteiger partial charge in [-0.25, -0.2) is 9.78 Å². The molecule has 0 atom stereocenters. The number of nitrogens with zero attached hydrogens (tertiary/aromatic N) is 1. The largest absolute Gasteiger partial charge is 0.476 e. The molecule has 0 spiro atoms. The molecule has 4 nitrogen and oxygen atoms in total. The van der Waals surface area contributed by atoms with Crippen LogP contribution < -0.4 is 5.32 Å². The Bertz CT molecular complexity index is 586. The predicted molar refractivity (Wildman–Crippen MR) is 72.9 cm³/mol. The molecule has 0 aliphatic carbocycles. The minimum absolute atomic E-state index is 0.0842. The van der Waals surface area contributed by atoms with E-state index in [1.807, 2.05) is 0 Å². The number of hydrogen-bond acceptors (Lipinski definition) is 4. The first kappa shape index (κ1) is 13.1. The van der Waals surface area contributed by atoms with Gasteiger partial charge in [-0.1, -0.05) is 23.2 Å². The summed E-state index contributed by atoms with van der Waals surface area (Å²) in [6, 6.07) is 5.18. The second kappa shape index (κ2) is 5.56. The van der Waals surface area contributed by atoms with Gasteiger partial charge in [-0.2, -0.15) is 0 Å². The highest BCUT2D eigenvalue weighted by Crippen LogP contribution is 2.25. The van der Waals surface area contributed by atoms with E-state index in [2.05, 4.69) is 10.3 Å². The number of carboxylic acid groups (broad SMARTS) is 1. The number of hydrogen-bond donors (Lipinski definition) is 2. The van der Waals surface area contributed by atoms with Gasteiger partial charge in [0.25, 0.3) is 0 Å². The van der Waals surface area contributed by atoms with Crippen LogP contribution in [0.15, 0.2) is 23.6 Å². The van der Waals surface area contributed by atoms with Crippen molar-refractivity contribution in [2.45, 2.75) is 6.54 Å². The van der Waals surface area contributed by atoms with Gasteiger partial charge in [-0.05, 0) is 18.2 Å². The zero-order chi connectivity index (χ0) is 13.1. The van der Waals surface area contributed by atoms with E-state index in [4.69, 9.17) is 28.3 Å². The maximum atomic E-state index is 10.7. The van der Waals surface area contributed by atoms with Gasteiger partial charge in [0.1, 0.15) is 0 Å². The predicted octanol–water partition coefficient (Wildman–Crippen LogP) is 3.76. The minimum atomic E-state index is -1.01. The van der Waals surface area contributed by atoms with E-state index in [9.17, 15) is 4.79 Å². The topological polar surface area (TPSA) is 62.2 Å². The second-order valence-corrected chi connectivity index (χ2v) is 5.10. The summed E-state index contributed by atoms with van der Waals surface area (Å²) >= 11 is 12.8. The number of benzene rings is 1. The zero-order valence-corrected chi connectivity index (χ0v) is 11.3. The normalized spacial score (nSPS) is 10.3. The summed E-state index contributed by atoms with van der Waals surface area (Å²) in [6.45, 7) is 0.432. The molecular weight excluding hydrogens is 295 g/mol. The highest BCUT2D eigenvalue weighted by Gasteiger charge is 2.08. The maximum absolute atomic E-state index is 10.7. The van der Waals surface area contributed by atoms with Gasteiger partial charge in [0.15, 0.2) is 0 Å². The monoisotopic (exact) mass is 302 g/mol. The van der Waals surface area contributed by atoms with Crippen LogP contribution in [-0.4, -0.2) is 16.1 Å². The lowest BCUT2D eigenvalue weighted by Gasteiger charge is -2.05. The van der Waals surface area contributed by atoms with E-state index in [0.717, 1.165) is 17.0 Å². The van der Waals surface area contributed by atoms with Crippen LogP contribution in [0, 0.1) is 0 Å². The molecule has 0 saturated heterocycles. The van der Waals surface area contributed by atoms with Crippen LogP contribution >= 0.6 is 34.5 Å². The molecule has 1 heterocycles. The van der Waals surface area contributed by atoms with Crippen molar-refractivity contribution >= 4 is 46.2 Å². The number of thiazole rings is 1. The smallest absolute Gasteiger partial charge is 0.365 e. The molecular formula is C11H8Cl2N2O2S. The number of aromatic carboxylic acids is 1. The van der Waals surface area contributed by atoms with Gasteiger partial charge in [-0.15, -0.1) is 11.3 Å². The Morgan fingerprint density at radius 3 is 2.78 bits per heavy atom. The van der Waals surface area contributed by atoms with Crippen molar-refractivity contribution in [3.8, 4) is 0 Å². The molecule has 0 bridgehead atoms. The Morgan fingerprint density at radius 1 is 1.39 bits per heavy atom. The van der Waals surface area contributed by atoms with Crippen molar-refractivity contribution in [1.29, 1.82) is 0 Å². The van der Waals surface area contributed by atoms with Crippen molar-refractivity contribution in [3.05, 3.63) is 44.3 Å². The minimum Gasteiger partial charge on any atom is -0.476 e. The standard InChI is InChI=1S/C11H8Cl2N2O2S/c12-8-2-1-6(3-9(8)13)14-4-7-5-18-10(15-7)11(16)17/h1-3,5,14H,4H2,(H,16,17). The van der Waals surface area contributed by atoms with Crippen LogP contribution in [0.4, 0.5) is 5.69 Å². The Labute approximate surface area is 117 Å². The molecule has 18 heavy (non-hydrogen) atoms. The molecule has 1 aromatic heterocycles. The molecule has 0 amide bonds. The molecule has 2 rings (SSSR count). The van der Waals surface area contributed by atoms with Gasteiger partial charge in [0.2, 0.25) is 5.01 Å². The average molecular weight is 303 g/mol. The molecule has 94 valence electrons. The summed E-state index contributed by atoms with van der Waals surface area (Å²) in [5, 5.41) is 14.6. The van der Waals surface area contributed by atoms with Crippen molar-refractivity contribution in [1.82, 2.24) is 4.98 Å².